The standard InChI is InChI=1S/C22H23BrN2O2/c23-19-8-6-18(7-9-19)21(26)10-11-22(27)24-20-12-14-25(15-13-20)16-17-4-2-1-3-5-17/h1-11,20H,12-16H2,(H,24,27)/b11-10+. The summed E-state index contributed by atoms with van der Waals surface area (Å²) in [7, 11) is 0. The van der Waals surface area contributed by atoms with Gasteiger partial charge >= 0.3 is 0 Å². The summed E-state index contributed by atoms with van der Waals surface area (Å²) in [4.78, 5) is 26.6. The number of rotatable bonds is 6. The normalized spacial score (nSPS) is 15.7. The van der Waals surface area contributed by atoms with Crippen molar-refractivity contribution in [2.24, 2.45) is 0 Å². The summed E-state index contributed by atoms with van der Waals surface area (Å²) in [6.07, 6.45) is 4.52. The first-order chi connectivity index (χ1) is 13.1. The molecule has 0 aromatic heterocycles. The van der Waals surface area contributed by atoms with Gasteiger partial charge in [0, 0.05) is 41.8 Å². The first-order valence-electron chi connectivity index (χ1n) is 9.15. The number of likely N-dealkylation sites (tertiary alicyclic amines) is 1. The quantitative estimate of drug-likeness (QED) is 0.561. The molecule has 0 aliphatic carbocycles. The minimum absolute atomic E-state index is 0.164. The fraction of sp³-hybridized carbons (Fsp3) is 0.273. The maximum atomic E-state index is 12.1. The molecule has 1 amide bonds. The number of nitrogens with one attached hydrogen (secondary N) is 1. The first-order valence-corrected chi connectivity index (χ1v) is 9.94. The van der Waals surface area contributed by atoms with Crippen LogP contribution in [0.15, 0.2) is 71.2 Å². The lowest BCUT2D eigenvalue weighted by molar-refractivity contribution is -0.117. The summed E-state index contributed by atoms with van der Waals surface area (Å²) in [6, 6.07) is 17.7. The fourth-order valence-electron chi connectivity index (χ4n) is 3.19. The Balaban J connectivity index is 1.42. The van der Waals surface area contributed by atoms with E-state index in [2.05, 4.69) is 50.4 Å². The van der Waals surface area contributed by atoms with Gasteiger partial charge in [-0.3, -0.25) is 14.5 Å². The van der Waals surface area contributed by atoms with Crippen LogP contribution in [0.1, 0.15) is 28.8 Å². The number of ketones is 1. The van der Waals surface area contributed by atoms with E-state index in [1.165, 1.54) is 17.7 Å². The summed E-state index contributed by atoms with van der Waals surface area (Å²) < 4.78 is 0.916. The van der Waals surface area contributed by atoms with Crippen LogP contribution in [-0.2, 0) is 11.3 Å². The second-order valence-electron chi connectivity index (χ2n) is 6.75. The van der Waals surface area contributed by atoms with Gasteiger partial charge in [0.15, 0.2) is 5.78 Å². The van der Waals surface area contributed by atoms with Crippen LogP contribution < -0.4 is 5.32 Å². The molecule has 1 fully saturated rings. The zero-order valence-corrected chi connectivity index (χ0v) is 16.7. The number of nitrogens with zero attached hydrogens (tertiary/aromatic N) is 1. The Kier molecular flexibility index (Phi) is 6.96. The second kappa shape index (κ2) is 9.62. The van der Waals surface area contributed by atoms with Gasteiger partial charge in [-0.1, -0.05) is 46.3 Å². The molecule has 0 unspecified atom stereocenters. The molecule has 140 valence electrons. The van der Waals surface area contributed by atoms with Gasteiger partial charge in [0.05, 0.1) is 0 Å². The lowest BCUT2D eigenvalue weighted by Crippen LogP contribution is -2.43. The van der Waals surface area contributed by atoms with Crippen LogP contribution in [0.2, 0.25) is 0 Å². The highest BCUT2D eigenvalue weighted by molar-refractivity contribution is 9.10. The third-order valence-corrected chi connectivity index (χ3v) is 5.23. The molecule has 4 nitrogen and oxygen atoms in total. The maximum Gasteiger partial charge on any atom is 0.244 e. The van der Waals surface area contributed by atoms with E-state index < -0.39 is 0 Å². The number of benzene rings is 2. The van der Waals surface area contributed by atoms with Crippen LogP contribution in [-0.4, -0.2) is 35.7 Å². The summed E-state index contributed by atoms with van der Waals surface area (Å²) in [5.74, 6) is -0.377. The molecule has 27 heavy (non-hydrogen) atoms. The van der Waals surface area contributed by atoms with E-state index >= 15 is 0 Å². The SMILES string of the molecule is O=C(/C=C/C(=O)c1ccc(Br)cc1)NC1CCN(Cc2ccccc2)CC1. The third kappa shape index (κ3) is 6.15. The van der Waals surface area contributed by atoms with Gasteiger partial charge in [-0.2, -0.15) is 0 Å². The van der Waals surface area contributed by atoms with E-state index in [0.717, 1.165) is 36.9 Å². The number of hydrogen-bond acceptors (Lipinski definition) is 3. The van der Waals surface area contributed by atoms with Crippen molar-refractivity contribution in [2.45, 2.75) is 25.4 Å². The minimum atomic E-state index is -0.207. The predicted molar refractivity (Wildman–Crippen MR) is 110 cm³/mol. The third-order valence-electron chi connectivity index (χ3n) is 4.70. The van der Waals surface area contributed by atoms with Crippen LogP contribution in [0.5, 0.6) is 0 Å². The molecule has 0 atom stereocenters. The first kappa shape index (κ1) is 19.5. The zero-order chi connectivity index (χ0) is 19.1. The van der Waals surface area contributed by atoms with Crippen LogP contribution >= 0.6 is 15.9 Å². The van der Waals surface area contributed by atoms with Crippen molar-refractivity contribution < 1.29 is 9.59 Å². The Bertz CT molecular complexity index is 795. The molecule has 1 N–H and O–H groups in total. The van der Waals surface area contributed by atoms with Crippen molar-refractivity contribution in [3.63, 3.8) is 0 Å². The van der Waals surface area contributed by atoms with Gasteiger partial charge < -0.3 is 5.32 Å². The van der Waals surface area contributed by atoms with Gasteiger partial charge in [-0.15, -0.1) is 0 Å². The molecular weight excluding hydrogens is 404 g/mol. The van der Waals surface area contributed by atoms with Crippen LogP contribution in [0.4, 0.5) is 0 Å². The van der Waals surface area contributed by atoms with E-state index in [4.69, 9.17) is 0 Å². The van der Waals surface area contributed by atoms with Gasteiger partial charge in [0.1, 0.15) is 0 Å². The molecule has 1 saturated heterocycles. The van der Waals surface area contributed by atoms with Crippen molar-refractivity contribution in [3.8, 4) is 0 Å². The Hall–Kier alpha value is -2.24. The fourth-order valence-corrected chi connectivity index (χ4v) is 3.45. The average Bonchev–Trinajstić information content (AvgIpc) is 2.69. The number of halogens is 1. The topological polar surface area (TPSA) is 49.4 Å². The Labute approximate surface area is 168 Å². The maximum absolute atomic E-state index is 12.1. The van der Waals surface area contributed by atoms with Crippen molar-refractivity contribution in [3.05, 3.63) is 82.3 Å². The van der Waals surface area contributed by atoms with Gasteiger partial charge in [-0.25, -0.2) is 0 Å². The Morgan fingerprint density at radius 2 is 1.67 bits per heavy atom. The molecule has 5 heteroatoms. The van der Waals surface area contributed by atoms with E-state index in [1.54, 1.807) is 12.1 Å². The van der Waals surface area contributed by atoms with Crippen LogP contribution in [0.25, 0.3) is 0 Å². The summed E-state index contributed by atoms with van der Waals surface area (Å²) >= 11 is 3.34. The van der Waals surface area contributed by atoms with Crippen LogP contribution in [0, 0.1) is 0 Å². The molecule has 0 bridgehead atoms. The lowest BCUT2D eigenvalue weighted by Gasteiger charge is -2.32. The second-order valence-corrected chi connectivity index (χ2v) is 7.66. The molecule has 2 aromatic rings. The highest BCUT2D eigenvalue weighted by Gasteiger charge is 2.20. The molecule has 0 saturated carbocycles. The van der Waals surface area contributed by atoms with Crippen molar-refractivity contribution in [1.29, 1.82) is 0 Å². The molecule has 1 heterocycles. The Morgan fingerprint density at radius 3 is 2.33 bits per heavy atom. The van der Waals surface area contributed by atoms with Gasteiger partial charge in [0.2, 0.25) is 5.91 Å². The van der Waals surface area contributed by atoms with E-state index in [9.17, 15) is 9.59 Å². The number of hydrogen-bond donors (Lipinski definition) is 1. The highest BCUT2D eigenvalue weighted by atomic mass is 79.9. The predicted octanol–water partition coefficient (Wildman–Crippen LogP) is 3.97. The van der Waals surface area contributed by atoms with Gasteiger partial charge in [0.25, 0.3) is 0 Å². The number of carbonyl (C=O) groups excluding carboxylic acids is 2. The zero-order valence-electron chi connectivity index (χ0n) is 15.1. The van der Waals surface area contributed by atoms with Crippen molar-refractivity contribution in [1.82, 2.24) is 10.2 Å². The number of amides is 1. The number of allylic oxidation sites excluding steroid dienone is 1. The molecule has 1 aliphatic rings. The van der Waals surface area contributed by atoms with Crippen LogP contribution in [0.3, 0.4) is 0 Å². The minimum Gasteiger partial charge on any atom is -0.350 e. The number of carbonyl (C=O) groups is 2. The van der Waals surface area contributed by atoms with E-state index in [-0.39, 0.29) is 17.7 Å². The lowest BCUT2D eigenvalue weighted by atomic mass is 10.0. The average molecular weight is 427 g/mol. The monoisotopic (exact) mass is 426 g/mol. The molecule has 2 aromatic carbocycles. The molecular formula is C22H23BrN2O2. The summed E-state index contributed by atoms with van der Waals surface area (Å²) in [5, 5.41) is 3.01. The molecule has 0 radical (unpaired) electrons. The summed E-state index contributed by atoms with van der Waals surface area (Å²) in [6.45, 7) is 2.87. The van der Waals surface area contributed by atoms with E-state index in [0.29, 0.717) is 5.56 Å². The van der Waals surface area contributed by atoms with Gasteiger partial charge in [-0.05, 0) is 48.7 Å². The molecule has 3 rings (SSSR count). The van der Waals surface area contributed by atoms with Crippen molar-refractivity contribution in [2.75, 3.05) is 13.1 Å². The number of piperidine rings is 1. The largest absolute Gasteiger partial charge is 0.350 e. The summed E-state index contributed by atoms with van der Waals surface area (Å²) in [5.41, 5.74) is 1.88. The van der Waals surface area contributed by atoms with E-state index in [1.807, 2.05) is 18.2 Å². The Morgan fingerprint density at radius 1 is 1.00 bits per heavy atom. The smallest absolute Gasteiger partial charge is 0.244 e. The highest BCUT2D eigenvalue weighted by Crippen LogP contribution is 2.14. The van der Waals surface area contributed by atoms with Crippen molar-refractivity contribution >= 4 is 27.6 Å². The molecule has 0 spiro atoms. The molecule has 1 aliphatic heterocycles.